The van der Waals surface area contributed by atoms with Crippen molar-refractivity contribution in [1.82, 2.24) is 39.6 Å². The van der Waals surface area contributed by atoms with Crippen LogP contribution in [0.25, 0.3) is 21.3 Å². The monoisotopic (exact) mass is 1030 g/mol. The van der Waals surface area contributed by atoms with Gasteiger partial charge in [-0.1, -0.05) is 50.2 Å². The normalized spacial score (nSPS) is 24.8. The fourth-order valence-corrected chi connectivity index (χ4v) is 16.2. The van der Waals surface area contributed by atoms with Gasteiger partial charge < -0.3 is 24.6 Å². The predicted octanol–water partition coefficient (Wildman–Crippen LogP) is 10.4. The summed E-state index contributed by atoms with van der Waals surface area (Å²) in [5.74, 6) is 0.411. The molecule has 2 N–H and O–H groups in total. The number of nitrogens with one attached hydrogen (secondary N) is 2. The molecule has 2 atom stereocenters. The zero-order valence-electron chi connectivity index (χ0n) is 43.9. The number of amides is 1. The minimum Gasteiger partial charge on any atom is -0.460 e. The fourth-order valence-electron chi connectivity index (χ4n) is 14.2. The highest BCUT2D eigenvalue weighted by Crippen LogP contribution is 2.72. The first kappa shape index (κ1) is 51.4. The van der Waals surface area contributed by atoms with Crippen molar-refractivity contribution < 1.29 is 27.5 Å². The number of nitrogens with zero attached hydrogens (tertiary/aromatic N) is 8. The molecule has 6 aliphatic rings. The van der Waals surface area contributed by atoms with Crippen molar-refractivity contribution in [2.45, 2.75) is 163 Å². The molecule has 1 aromatic carbocycles. The van der Waals surface area contributed by atoms with Gasteiger partial charge >= 0.3 is 5.97 Å². The number of sulfonamides is 1. The van der Waals surface area contributed by atoms with Gasteiger partial charge in [0.25, 0.3) is 5.91 Å². The van der Waals surface area contributed by atoms with Gasteiger partial charge in [0.2, 0.25) is 10.0 Å². The summed E-state index contributed by atoms with van der Waals surface area (Å²) in [6, 6.07) is 11.8. The number of anilines is 4. The number of pyridine rings is 1. The van der Waals surface area contributed by atoms with Gasteiger partial charge in [0, 0.05) is 54.0 Å². The summed E-state index contributed by atoms with van der Waals surface area (Å²) in [4.78, 5) is 41.1. The molecule has 1 saturated heterocycles. The zero-order chi connectivity index (χ0) is 51.4. The second-order valence-corrected chi connectivity index (χ2v) is 26.8. The van der Waals surface area contributed by atoms with Crippen LogP contribution in [0.15, 0.2) is 42.6 Å². The van der Waals surface area contributed by atoms with Crippen LogP contribution >= 0.6 is 11.3 Å². The molecular formula is C55H74N10O6S2. The third-order valence-corrected chi connectivity index (χ3v) is 18.3. The van der Waals surface area contributed by atoms with E-state index in [1.807, 2.05) is 82.1 Å². The highest BCUT2D eigenvalue weighted by Gasteiger charge is 2.66. The standard InChI is InChI=1S/C55H74N10O6S2/c1-37-39-17-16-25-64(48(39)61-60-47(37)59-50-57-42-18-11-12-19-43(42)72-50)44-22-21-40(46(58-44)49(67)62-73(68,69)28-15-9-8-10-20-45(66)71-51(3,4)5)41-29-56-65(38(41)2)36-54-31-52(6)30-53(7,32-54)34-55(33-52,35-54)70-27-26-63-23-13-14-24-63/h11-12,18-19,21-22,29H,8-10,13-17,20,23-28,30-36H2,1-7H3,(H,62,67)(H,57,59,60). The van der Waals surface area contributed by atoms with Gasteiger partial charge in [-0.15, -0.1) is 10.2 Å². The molecule has 4 saturated carbocycles. The van der Waals surface area contributed by atoms with E-state index in [9.17, 15) is 18.0 Å². The number of thiazole rings is 1. The number of carbonyl (C=O) groups is 2. The number of ether oxygens (including phenoxy) is 2. The smallest absolute Gasteiger partial charge is 0.306 e. The Morgan fingerprint density at radius 3 is 2.36 bits per heavy atom. The summed E-state index contributed by atoms with van der Waals surface area (Å²) >= 11 is 1.56. The molecule has 4 bridgehead atoms. The maximum absolute atomic E-state index is 14.6. The molecule has 16 nitrogen and oxygen atoms in total. The highest BCUT2D eigenvalue weighted by molar-refractivity contribution is 7.90. The molecule has 2 aliphatic heterocycles. The lowest BCUT2D eigenvalue weighted by molar-refractivity contribution is -0.248. The molecule has 5 aromatic rings. The minimum absolute atomic E-state index is 0.00331. The Labute approximate surface area is 434 Å². The van der Waals surface area contributed by atoms with E-state index in [1.54, 1.807) is 11.3 Å². The van der Waals surface area contributed by atoms with Gasteiger partial charge in [0.1, 0.15) is 17.1 Å². The van der Waals surface area contributed by atoms with E-state index in [2.05, 4.69) is 38.6 Å². The van der Waals surface area contributed by atoms with E-state index < -0.39 is 21.5 Å². The summed E-state index contributed by atoms with van der Waals surface area (Å²) < 4.78 is 45.4. The number of hydrogen-bond acceptors (Lipinski definition) is 15. The maximum Gasteiger partial charge on any atom is 0.306 e. The van der Waals surface area contributed by atoms with Gasteiger partial charge in [-0.3, -0.25) is 14.3 Å². The van der Waals surface area contributed by atoms with Crippen LogP contribution in [0.3, 0.4) is 0 Å². The van der Waals surface area contributed by atoms with E-state index in [4.69, 9.17) is 29.6 Å². The Hall–Kier alpha value is -5.04. The molecule has 18 heteroatoms. The molecule has 392 valence electrons. The first-order chi connectivity index (χ1) is 34.7. The first-order valence-corrected chi connectivity index (χ1v) is 29.1. The van der Waals surface area contributed by atoms with Crippen molar-refractivity contribution in [3.05, 3.63) is 65.1 Å². The van der Waals surface area contributed by atoms with Crippen molar-refractivity contribution in [3.8, 4) is 11.1 Å². The largest absolute Gasteiger partial charge is 0.460 e. The Morgan fingerprint density at radius 1 is 0.849 bits per heavy atom. The second-order valence-electron chi connectivity index (χ2n) is 24.0. The highest BCUT2D eigenvalue weighted by atomic mass is 32.2. The fraction of sp³-hybridized carbons (Fsp3) is 0.618. The van der Waals surface area contributed by atoms with Crippen LogP contribution in [0.4, 0.5) is 22.6 Å². The number of likely N-dealkylation sites (tertiary alicyclic amines) is 1. The summed E-state index contributed by atoms with van der Waals surface area (Å²) in [6.45, 7) is 19.9. The topological polar surface area (TPSA) is 187 Å². The van der Waals surface area contributed by atoms with Gasteiger partial charge in [0.15, 0.2) is 16.8 Å². The lowest BCUT2D eigenvalue weighted by atomic mass is 9.39. The van der Waals surface area contributed by atoms with Gasteiger partial charge in [-0.25, -0.2) is 23.1 Å². The van der Waals surface area contributed by atoms with Gasteiger partial charge in [0.05, 0.1) is 34.4 Å². The number of unbranched alkanes of at least 4 members (excludes halogenated alkanes) is 3. The summed E-state index contributed by atoms with van der Waals surface area (Å²) in [5, 5.41) is 18.6. The quantitative estimate of drug-likeness (QED) is 0.0588. The third-order valence-electron chi connectivity index (χ3n) is 16.0. The summed E-state index contributed by atoms with van der Waals surface area (Å²) in [5.41, 5.74) is 4.65. The number of para-hydroxylation sites is 1. The van der Waals surface area contributed by atoms with Crippen molar-refractivity contribution in [2.75, 3.05) is 48.8 Å². The third kappa shape index (κ3) is 11.3. The van der Waals surface area contributed by atoms with Crippen LogP contribution < -0.4 is 14.9 Å². The molecule has 6 heterocycles. The number of aromatic nitrogens is 6. The molecule has 0 radical (unpaired) electrons. The number of hydrogen-bond donors (Lipinski definition) is 2. The molecule has 4 aliphatic carbocycles. The van der Waals surface area contributed by atoms with Crippen LogP contribution in [-0.4, -0.2) is 105 Å². The van der Waals surface area contributed by atoms with Crippen LogP contribution in [0.2, 0.25) is 0 Å². The van der Waals surface area contributed by atoms with Crippen LogP contribution in [-0.2, 0) is 37.3 Å². The summed E-state index contributed by atoms with van der Waals surface area (Å²) in [6.07, 6.45) is 15.0. The SMILES string of the molecule is Cc1c(Nc2nc3ccccc3s2)nnc2c1CCCN2c1ccc(-c2cnn(CC34CC5(C)CC(C)(C3)CC(OCCN3CCCC3)(C5)C4)c2C)c(C(=O)NS(=O)(=O)CCCCCCC(=O)OC(C)(C)C)n1. The molecular weight excluding hydrogens is 961 g/mol. The van der Waals surface area contributed by atoms with Gasteiger partial charge in [-0.05, 0) is 165 Å². The maximum atomic E-state index is 14.6. The number of fused-ring (bicyclic) bond motifs is 2. The lowest BCUT2D eigenvalue weighted by Gasteiger charge is -2.69. The van der Waals surface area contributed by atoms with Crippen molar-refractivity contribution in [2.24, 2.45) is 16.2 Å². The van der Waals surface area contributed by atoms with Crippen LogP contribution in [0.1, 0.15) is 152 Å². The minimum atomic E-state index is -4.07. The number of rotatable bonds is 19. The molecule has 73 heavy (non-hydrogen) atoms. The Balaban J connectivity index is 0.911. The van der Waals surface area contributed by atoms with Crippen molar-refractivity contribution in [1.29, 1.82) is 0 Å². The number of esters is 1. The summed E-state index contributed by atoms with van der Waals surface area (Å²) in [7, 11) is -4.07. The molecule has 4 aromatic heterocycles. The van der Waals surface area contributed by atoms with Crippen LogP contribution in [0, 0.1) is 30.1 Å². The average Bonchev–Trinajstić information content (AvgIpc) is 4.06. The first-order valence-electron chi connectivity index (χ1n) is 26.6. The van der Waals surface area contributed by atoms with E-state index in [1.165, 1.54) is 32.4 Å². The van der Waals surface area contributed by atoms with E-state index in [-0.39, 0.29) is 45.7 Å². The van der Waals surface area contributed by atoms with Gasteiger partial charge in [-0.2, -0.15) is 5.10 Å². The second kappa shape index (κ2) is 19.9. The van der Waals surface area contributed by atoms with Crippen LogP contribution in [0.5, 0.6) is 0 Å². The Morgan fingerprint density at radius 2 is 1.60 bits per heavy atom. The van der Waals surface area contributed by atoms with E-state index in [0.717, 1.165) is 102 Å². The van der Waals surface area contributed by atoms with E-state index in [0.29, 0.717) is 55.2 Å². The Bertz CT molecular complexity index is 2940. The average molecular weight is 1040 g/mol. The number of benzene rings is 1. The van der Waals surface area contributed by atoms with Crippen molar-refractivity contribution >= 4 is 66.0 Å². The Kier molecular flexibility index (Phi) is 14.0. The molecule has 0 spiro atoms. The number of carbonyl (C=O) groups excluding carboxylic acids is 2. The molecule has 1 amide bonds. The van der Waals surface area contributed by atoms with Crippen molar-refractivity contribution in [3.63, 3.8) is 0 Å². The lowest BCUT2D eigenvalue weighted by Crippen LogP contribution is -2.64. The predicted molar refractivity (Wildman–Crippen MR) is 286 cm³/mol. The molecule has 11 rings (SSSR count). The van der Waals surface area contributed by atoms with E-state index >= 15 is 0 Å². The molecule has 2 unspecified atom stereocenters. The molecule has 5 fully saturated rings. The zero-order valence-corrected chi connectivity index (χ0v) is 45.6.